The molecule has 0 heterocycles. The van der Waals surface area contributed by atoms with Crippen LogP contribution < -0.4 is 15.2 Å². The Kier molecular flexibility index (Phi) is 5.07. The molecule has 1 aromatic carbocycles. The molecule has 0 aromatic heterocycles. The van der Waals surface area contributed by atoms with Crippen molar-refractivity contribution in [2.24, 2.45) is 5.73 Å². The number of hydrogen-bond acceptors (Lipinski definition) is 4. The van der Waals surface area contributed by atoms with Crippen molar-refractivity contribution in [2.45, 2.75) is 37.8 Å². The Balaban J connectivity index is 2.25. The Bertz CT molecular complexity index is 433. The van der Waals surface area contributed by atoms with Crippen molar-refractivity contribution in [3.05, 3.63) is 22.2 Å². The van der Waals surface area contributed by atoms with Crippen LogP contribution in [0.25, 0.3) is 0 Å². The van der Waals surface area contributed by atoms with Crippen LogP contribution in [-0.4, -0.2) is 24.9 Å². The molecule has 1 saturated carbocycles. The first-order valence-electron chi connectivity index (χ1n) is 6.56. The van der Waals surface area contributed by atoms with E-state index in [1.165, 1.54) is 12.8 Å². The van der Waals surface area contributed by atoms with Crippen LogP contribution in [0.3, 0.4) is 0 Å². The summed E-state index contributed by atoms with van der Waals surface area (Å²) >= 11 is 3.47. The van der Waals surface area contributed by atoms with Gasteiger partial charge in [-0.2, -0.15) is 0 Å². The van der Waals surface area contributed by atoms with Gasteiger partial charge in [0.05, 0.1) is 25.9 Å². The van der Waals surface area contributed by atoms with E-state index < -0.39 is 6.04 Å². The smallest absolute Gasteiger partial charge is 0.162 e. The molecule has 2 rings (SSSR count). The molecule has 1 aliphatic carbocycles. The number of methoxy groups -OCH3 is 1. The van der Waals surface area contributed by atoms with Gasteiger partial charge < -0.3 is 20.3 Å². The maximum Gasteiger partial charge on any atom is 0.162 e. The fourth-order valence-corrected chi connectivity index (χ4v) is 2.99. The van der Waals surface area contributed by atoms with Gasteiger partial charge in [-0.1, -0.05) is 15.9 Å². The van der Waals surface area contributed by atoms with Gasteiger partial charge in [-0.15, -0.1) is 0 Å². The summed E-state index contributed by atoms with van der Waals surface area (Å²) in [6, 6.07) is 3.28. The topological polar surface area (TPSA) is 64.7 Å². The van der Waals surface area contributed by atoms with Gasteiger partial charge in [-0.25, -0.2) is 0 Å². The van der Waals surface area contributed by atoms with Gasteiger partial charge in [0.25, 0.3) is 0 Å². The number of aliphatic hydroxyl groups is 1. The first kappa shape index (κ1) is 14.6. The van der Waals surface area contributed by atoms with Crippen LogP contribution >= 0.6 is 15.9 Å². The quantitative estimate of drug-likeness (QED) is 0.871. The molecule has 1 fully saturated rings. The summed E-state index contributed by atoms with van der Waals surface area (Å²) in [5.74, 6) is 1.39. The van der Waals surface area contributed by atoms with Gasteiger partial charge in [0.1, 0.15) is 0 Å². The molecule has 0 aliphatic heterocycles. The highest BCUT2D eigenvalue weighted by molar-refractivity contribution is 9.10. The number of nitrogens with two attached hydrogens (primary N) is 1. The average Bonchev–Trinajstić information content (AvgIpc) is 2.91. The zero-order chi connectivity index (χ0) is 13.8. The van der Waals surface area contributed by atoms with Gasteiger partial charge in [-0.05, 0) is 43.4 Å². The van der Waals surface area contributed by atoms with Crippen molar-refractivity contribution in [3.8, 4) is 11.5 Å². The molecule has 3 N–H and O–H groups in total. The average molecular weight is 330 g/mol. The number of halogens is 1. The second-order valence-electron chi connectivity index (χ2n) is 4.84. The van der Waals surface area contributed by atoms with Crippen LogP contribution in [0.1, 0.15) is 37.3 Å². The molecule has 0 saturated heterocycles. The van der Waals surface area contributed by atoms with Crippen molar-refractivity contribution in [1.29, 1.82) is 0 Å². The highest BCUT2D eigenvalue weighted by Gasteiger charge is 2.20. The number of rotatable bonds is 5. The summed E-state index contributed by atoms with van der Waals surface area (Å²) in [7, 11) is 1.61. The van der Waals surface area contributed by atoms with Crippen LogP contribution in [0.2, 0.25) is 0 Å². The molecular weight excluding hydrogens is 310 g/mol. The van der Waals surface area contributed by atoms with E-state index in [2.05, 4.69) is 15.9 Å². The lowest BCUT2D eigenvalue weighted by Crippen LogP contribution is -2.16. The van der Waals surface area contributed by atoms with Crippen LogP contribution in [0.5, 0.6) is 11.5 Å². The molecule has 1 atom stereocenters. The number of hydrogen-bond donors (Lipinski definition) is 2. The van der Waals surface area contributed by atoms with Crippen molar-refractivity contribution in [2.75, 3.05) is 13.7 Å². The maximum atomic E-state index is 9.16. The standard InChI is InChI=1S/C14H20BrNO3/c1-18-13-6-10(12(16)8-17)11(15)7-14(13)19-9-4-2-3-5-9/h6-7,9,12,17H,2-5,8,16H2,1H3. The molecular formula is C14H20BrNO3. The van der Waals surface area contributed by atoms with Crippen molar-refractivity contribution in [3.63, 3.8) is 0 Å². The molecule has 0 spiro atoms. The van der Waals surface area contributed by atoms with E-state index in [4.69, 9.17) is 20.3 Å². The predicted molar refractivity (Wildman–Crippen MR) is 77.6 cm³/mol. The molecule has 1 aromatic rings. The monoisotopic (exact) mass is 329 g/mol. The van der Waals surface area contributed by atoms with E-state index >= 15 is 0 Å². The van der Waals surface area contributed by atoms with Crippen LogP contribution in [0, 0.1) is 0 Å². The summed E-state index contributed by atoms with van der Waals surface area (Å²) in [6.07, 6.45) is 4.92. The molecule has 4 nitrogen and oxygen atoms in total. The Morgan fingerprint density at radius 2 is 2.05 bits per heavy atom. The molecule has 19 heavy (non-hydrogen) atoms. The highest BCUT2D eigenvalue weighted by atomic mass is 79.9. The summed E-state index contributed by atoms with van der Waals surface area (Å²) in [5.41, 5.74) is 6.67. The van der Waals surface area contributed by atoms with Crippen LogP contribution in [0.4, 0.5) is 0 Å². The Labute approximate surface area is 122 Å². The van der Waals surface area contributed by atoms with E-state index in [-0.39, 0.29) is 12.7 Å². The fraction of sp³-hybridized carbons (Fsp3) is 0.571. The molecule has 1 unspecified atom stereocenters. The van der Waals surface area contributed by atoms with Crippen LogP contribution in [-0.2, 0) is 0 Å². The third-order valence-corrected chi connectivity index (χ3v) is 4.16. The first-order valence-corrected chi connectivity index (χ1v) is 7.35. The van der Waals surface area contributed by atoms with Crippen molar-refractivity contribution in [1.82, 2.24) is 0 Å². The zero-order valence-corrected chi connectivity index (χ0v) is 12.6. The molecule has 0 amide bonds. The van der Waals surface area contributed by atoms with Gasteiger partial charge >= 0.3 is 0 Å². The second-order valence-corrected chi connectivity index (χ2v) is 5.69. The predicted octanol–water partition coefficient (Wildman–Crippen LogP) is 2.77. The van der Waals surface area contributed by atoms with E-state index in [1.807, 2.05) is 12.1 Å². The lowest BCUT2D eigenvalue weighted by Gasteiger charge is -2.19. The van der Waals surface area contributed by atoms with Crippen LogP contribution in [0.15, 0.2) is 16.6 Å². The van der Waals surface area contributed by atoms with Crippen molar-refractivity contribution < 1.29 is 14.6 Å². The number of benzene rings is 1. The summed E-state index contributed by atoms with van der Waals surface area (Å²) < 4.78 is 12.2. The molecule has 0 bridgehead atoms. The normalized spacial score (nSPS) is 17.5. The number of ether oxygens (including phenoxy) is 2. The minimum absolute atomic E-state index is 0.107. The van der Waals surface area contributed by atoms with Gasteiger partial charge in [0, 0.05) is 4.47 Å². The van der Waals surface area contributed by atoms with Gasteiger partial charge in [-0.3, -0.25) is 0 Å². The lowest BCUT2D eigenvalue weighted by atomic mass is 10.1. The minimum atomic E-state index is -0.427. The van der Waals surface area contributed by atoms with Crippen molar-refractivity contribution >= 4 is 15.9 Å². The Morgan fingerprint density at radius 1 is 1.37 bits per heavy atom. The summed E-state index contributed by atoms with van der Waals surface area (Å²) in [5, 5.41) is 9.16. The van der Waals surface area contributed by atoms with E-state index in [9.17, 15) is 0 Å². The molecule has 106 valence electrons. The molecule has 0 radical (unpaired) electrons. The highest BCUT2D eigenvalue weighted by Crippen LogP contribution is 2.37. The van der Waals surface area contributed by atoms with Gasteiger partial charge in [0.2, 0.25) is 0 Å². The summed E-state index contributed by atoms with van der Waals surface area (Å²) in [4.78, 5) is 0. The third-order valence-electron chi connectivity index (χ3n) is 3.47. The first-order chi connectivity index (χ1) is 9.15. The van der Waals surface area contributed by atoms with E-state index in [1.54, 1.807) is 7.11 Å². The van der Waals surface area contributed by atoms with Gasteiger partial charge in [0.15, 0.2) is 11.5 Å². The lowest BCUT2D eigenvalue weighted by molar-refractivity contribution is 0.200. The minimum Gasteiger partial charge on any atom is -0.493 e. The molecule has 5 heteroatoms. The SMILES string of the molecule is COc1cc(C(N)CO)c(Br)cc1OC1CCCC1. The number of aliphatic hydroxyl groups excluding tert-OH is 1. The fourth-order valence-electron chi connectivity index (χ4n) is 2.37. The van der Waals surface area contributed by atoms with E-state index in [0.29, 0.717) is 5.75 Å². The largest absolute Gasteiger partial charge is 0.493 e. The zero-order valence-electron chi connectivity index (χ0n) is 11.1. The Morgan fingerprint density at radius 3 is 2.63 bits per heavy atom. The molecule has 1 aliphatic rings. The maximum absolute atomic E-state index is 9.16. The second kappa shape index (κ2) is 6.59. The summed E-state index contributed by atoms with van der Waals surface area (Å²) in [6.45, 7) is -0.107. The Hall–Kier alpha value is -0.780. The van der Waals surface area contributed by atoms with E-state index in [0.717, 1.165) is 28.6 Å². The third kappa shape index (κ3) is 3.41.